The van der Waals surface area contributed by atoms with Crippen LogP contribution in [-0.4, -0.2) is 18.8 Å². The molecule has 0 spiro atoms. The van der Waals surface area contributed by atoms with Crippen LogP contribution in [0.4, 0.5) is 0 Å². The molecule has 5 nitrogen and oxygen atoms in total. The molecule has 1 atom stereocenters. The lowest BCUT2D eigenvalue weighted by atomic mass is 9.84. The monoisotopic (exact) mass is 598 g/mol. The van der Waals surface area contributed by atoms with Crippen LogP contribution in [0.25, 0.3) is 12.2 Å². The molecule has 0 bridgehead atoms. The average Bonchev–Trinajstić information content (AvgIpc) is 3.28. The van der Waals surface area contributed by atoms with Crippen molar-refractivity contribution in [3.8, 4) is 11.5 Å². The fourth-order valence-electron chi connectivity index (χ4n) is 5.25. The Hall–Kier alpha value is -3.68. The summed E-state index contributed by atoms with van der Waals surface area (Å²) in [4.78, 5) is 19.8. The first-order chi connectivity index (χ1) is 19.0. The van der Waals surface area contributed by atoms with Crippen molar-refractivity contribution in [3.63, 3.8) is 0 Å². The van der Waals surface area contributed by atoms with Crippen LogP contribution in [0.2, 0.25) is 0 Å². The van der Waals surface area contributed by atoms with Crippen molar-refractivity contribution in [1.82, 2.24) is 4.57 Å². The molecule has 1 aromatic heterocycles. The molecule has 7 heteroatoms. The third kappa shape index (κ3) is 5.04. The second-order valence-corrected chi connectivity index (χ2v) is 11.5. The molecule has 0 saturated carbocycles. The Kier molecular flexibility index (Phi) is 7.11. The van der Waals surface area contributed by atoms with Crippen LogP contribution in [0.15, 0.2) is 104 Å². The molecule has 39 heavy (non-hydrogen) atoms. The first kappa shape index (κ1) is 25.6. The van der Waals surface area contributed by atoms with E-state index in [-0.39, 0.29) is 11.6 Å². The van der Waals surface area contributed by atoms with E-state index in [0.717, 1.165) is 62.4 Å². The van der Waals surface area contributed by atoms with Crippen LogP contribution in [0.1, 0.15) is 42.0 Å². The topological polar surface area (TPSA) is 52.8 Å². The molecule has 3 aromatic carbocycles. The molecular formula is C32H27BrN2O3S. The highest BCUT2D eigenvalue weighted by atomic mass is 79.9. The van der Waals surface area contributed by atoms with Gasteiger partial charge in [-0.25, -0.2) is 4.99 Å². The van der Waals surface area contributed by atoms with E-state index in [9.17, 15) is 4.79 Å². The molecule has 196 valence electrons. The molecule has 2 heterocycles. The molecule has 1 aliphatic carbocycles. The summed E-state index contributed by atoms with van der Waals surface area (Å²) in [5.74, 6) is 1.62. The molecule has 0 saturated heterocycles. The number of aromatic nitrogens is 1. The van der Waals surface area contributed by atoms with Crippen molar-refractivity contribution >= 4 is 39.4 Å². The van der Waals surface area contributed by atoms with Gasteiger partial charge >= 0.3 is 0 Å². The normalized spacial score (nSPS) is 18.0. The van der Waals surface area contributed by atoms with Crippen molar-refractivity contribution in [3.05, 3.63) is 130 Å². The number of fused-ring (bicyclic) bond motifs is 1. The Bertz CT molecular complexity index is 1760. The molecule has 2 aliphatic rings. The van der Waals surface area contributed by atoms with Gasteiger partial charge in [-0.2, -0.15) is 0 Å². The summed E-state index contributed by atoms with van der Waals surface area (Å²) in [5.41, 5.74) is 6.52. The highest BCUT2D eigenvalue weighted by molar-refractivity contribution is 9.10. The van der Waals surface area contributed by atoms with Gasteiger partial charge in [-0.05, 0) is 95.6 Å². The zero-order chi connectivity index (χ0) is 26.9. The van der Waals surface area contributed by atoms with Crippen LogP contribution in [0, 0.1) is 0 Å². The zero-order valence-corrected chi connectivity index (χ0v) is 24.1. The largest absolute Gasteiger partial charge is 0.497 e. The molecule has 1 unspecified atom stereocenters. The summed E-state index contributed by atoms with van der Waals surface area (Å²) in [7, 11) is 3.34. The van der Waals surface area contributed by atoms with Crippen molar-refractivity contribution in [2.45, 2.75) is 25.3 Å². The molecule has 6 rings (SSSR count). The third-order valence-electron chi connectivity index (χ3n) is 7.19. The van der Waals surface area contributed by atoms with E-state index in [1.165, 1.54) is 22.5 Å². The van der Waals surface area contributed by atoms with Gasteiger partial charge < -0.3 is 9.47 Å². The minimum Gasteiger partial charge on any atom is -0.497 e. The van der Waals surface area contributed by atoms with Gasteiger partial charge in [0.1, 0.15) is 11.5 Å². The van der Waals surface area contributed by atoms with Gasteiger partial charge in [0.15, 0.2) is 4.80 Å². The fourth-order valence-corrected chi connectivity index (χ4v) is 6.52. The summed E-state index contributed by atoms with van der Waals surface area (Å²) in [5, 5.41) is 0. The Morgan fingerprint density at radius 2 is 1.49 bits per heavy atom. The minimum absolute atomic E-state index is 0.0136. The highest BCUT2D eigenvalue weighted by Gasteiger charge is 2.32. The second kappa shape index (κ2) is 10.8. The molecule has 4 aromatic rings. The van der Waals surface area contributed by atoms with Gasteiger partial charge in [-0.3, -0.25) is 9.36 Å². The summed E-state index contributed by atoms with van der Waals surface area (Å²) in [6.07, 6.45) is 7.02. The van der Waals surface area contributed by atoms with Crippen LogP contribution < -0.4 is 24.4 Å². The van der Waals surface area contributed by atoms with Crippen LogP contribution in [0.3, 0.4) is 0 Å². The van der Waals surface area contributed by atoms with E-state index >= 15 is 0 Å². The molecule has 0 N–H and O–H groups in total. The molecule has 1 aliphatic heterocycles. The lowest BCUT2D eigenvalue weighted by molar-refractivity contribution is 0.414. The number of ether oxygens (including phenoxy) is 2. The summed E-state index contributed by atoms with van der Waals surface area (Å²) in [6, 6.07) is 23.9. The summed E-state index contributed by atoms with van der Waals surface area (Å²) >= 11 is 4.94. The third-order valence-corrected chi connectivity index (χ3v) is 8.70. The summed E-state index contributed by atoms with van der Waals surface area (Å²) < 4.78 is 14.3. The number of halogens is 1. The van der Waals surface area contributed by atoms with Crippen molar-refractivity contribution in [1.29, 1.82) is 0 Å². The molecule has 0 fully saturated rings. The van der Waals surface area contributed by atoms with E-state index in [4.69, 9.17) is 14.5 Å². The van der Waals surface area contributed by atoms with Gasteiger partial charge in [0, 0.05) is 4.47 Å². The van der Waals surface area contributed by atoms with E-state index in [0.29, 0.717) is 4.53 Å². The van der Waals surface area contributed by atoms with E-state index < -0.39 is 0 Å². The van der Waals surface area contributed by atoms with Crippen LogP contribution >= 0.6 is 27.3 Å². The van der Waals surface area contributed by atoms with Gasteiger partial charge in [-0.15, -0.1) is 0 Å². The van der Waals surface area contributed by atoms with Gasteiger partial charge in [0.2, 0.25) is 0 Å². The first-order valence-corrected chi connectivity index (χ1v) is 14.4. The number of rotatable bonds is 5. The first-order valence-electron chi connectivity index (χ1n) is 12.8. The molecule has 0 amide bonds. The number of allylic oxidation sites excluding steroid dienone is 2. The van der Waals surface area contributed by atoms with Crippen molar-refractivity contribution in [2.75, 3.05) is 14.2 Å². The fraction of sp³-hybridized carbons (Fsp3) is 0.188. The van der Waals surface area contributed by atoms with E-state index in [1.807, 2.05) is 59.2 Å². The Morgan fingerprint density at radius 1 is 0.872 bits per heavy atom. The SMILES string of the molecule is COc1ccc(C=C2CCCC3=C2N=c2sc(=Cc4ccc(Br)cc4)c(=O)n2C3c2ccc(OC)cc2)cc1. The lowest BCUT2D eigenvalue weighted by Gasteiger charge is -2.31. The zero-order valence-electron chi connectivity index (χ0n) is 21.7. The van der Waals surface area contributed by atoms with Gasteiger partial charge in [0.05, 0.1) is 30.5 Å². The number of hydrogen-bond acceptors (Lipinski definition) is 5. The molecular weight excluding hydrogens is 572 g/mol. The van der Waals surface area contributed by atoms with E-state index in [2.05, 4.69) is 46.3 Å². The Morgan fingerprint density at radius 3 is 2.15 bits per heavy atom. The van der Waals surface area contributed by atoms with Gasteiger partial charge in [-0.1, -0.05) is 63.7 Å². The minimum atomic E-state index is -0.214. The lowest BCUT2D eigenvalue weighted by Crippen LogP contribution is -2.39. The maximum atomic E-state index is 13.9. The number of thiazole rings is 1. The average molecular weight is 600 g/mol. The highest BCUT2D eigenvalue weighted by Crippen LogP contribution is 2.41. The maximum absolute atomic E-state index is 13.9. The van der Waals surface area contributed by atoms with Gasteiger partial charge in [0.25, 0.3) is 5.56 Å². The smallest absolute Gasteiger partial charge is 0.271 e. The number of benzene rings is 3. The standard InChI is InChI=1S/C32H27BrN2O3S/c1-37-25-14-8-20(9-15-25)18-23-4-3-5-27-29(23)34-32-35(30(27)22-10-16-26(38-2)17-11-22)31(36)28(39-32)19-21-6-12-24(33)13-7-21/h6-19,30H,3-5H2,1-2H3. The van der Waals surface area contributed by atoms with E-state index in [1.54, 1.807) is 14.2 Å². The Balaban J connectivity index is 1.54. The predicted molar refractivity (Wildman–Crippen MR) is 160 cm³/mol. The van der Waals surface area contributed by atoms with Crippen molar-refractivity contribution in [2.24, 2.45) is 4.99 Å². The van der Waals surface area contributed by atoms with Crippen LogP contribution in [0.5, 0.6) is 11.5 Å². The number of hydrogen-bond donors (Lipinski definition) is 0. The van der Waals surface area contributed by atoms with Crippen LogP contribution in [-0.2, 0) is 0 Å². The summed E-state index contributed by atoms with van der Waals surface area (Å²) in [6.45, 7) is 0. The van der Waals surface area contributed by atoms with Crippen molar-refractivity contribution < 1.29 is 9.47 Å². The quantitative estimate of drug-likeness (QED) is 0.272. The number of nitrogens with zero attached hydrogens (tertiary/aromatic N) is 2. The maximum Gasteiger partial charge on any atom is 0.271 e. The Labute approximate surface area is 239 Å². The molecule has 0 radical (unpaired) electrons. The predicted octanol–water partition coefficient (Wildman–Crippen LogP) is 6.26. The second-order valence-electron chi connectivity index (χ2n) is 9.58. The number of methoxy groups -OCH3 is 2.